The molecule has 0 bridgehead atoms. The molecule has 0 radical (unpaired) electrons. The monoisotopic (exact) mass is 261 g/mol. The number of ketones is 1. The molecule has 0 fully saturated rings. The fourth-order valence-corrected chi connectivity index (χ4v) is 1.07. The van der Waals surface area contributed by atoms with Gasteiger partial charge in [0.2, 0.25) is 0 Å². The van der Waals surface area contributed by atoms with E-state index < -0.39 is 0 Å². The first-order valence-corrected chi connectivity index (χ1v) is 6.91. The molecule has 0 saturated carbocycles. The van der Waals surface area contributed by atoms with E-state index in [1.54, 1.807) is 6.92 Å². The lowest BCUT2D eigenvalue weighted by atomic mass is 10.0. The maximum Gasteiger partial charge on any atom is 0.130 e. The van der Waals surface area contributed by atoms with Crippen LogP contribution in [0.15, 0.2) is 0 Å². The second-order valence-corrected chi connectivity index (χ2v) is 5.48. The standard InChI is InChI=1S/C7H17NO.C6H12O.C2H6/c1-7(2,5-6-9)8(3)4;1-5(2)4-6(3)7;1-2/h9H,5-6H2,1-4H3;5H,4H2,1-3H3;1-2H3. The number of carbonyl (C=O) groups is 1. The number of hydrogen-bond acceptors (Lipinski definition) is 3. The fraction of sp³-hybridized carbons (Fsp3) is 0.933. The molecule has 3 heteroatoms. The maximum absolute atomic E-state index is 10.3. The molecule has 0 aromatic heterocycles. The molecule has 0 saturated heterocycles. The van der Waals surface area contributed by atoms with Crippen molar-refractivity contribution in [2.24, 2.45) is 5.92 Å². The first kappa shape index (κ1) is 22.7. The van der Waals surface area contributed by atoms with Crippen molar-refractivity contribution in [1.82, 2.24) is 4.90 Å². The number of carbonyl (C=O) groups excluding carboxylic acids is 1. The van der Waals surface area contributed by atoms with Crippen molar-refractivity contribution in [2.75, 3.05) is 20.7 Å². The molecule has 0 rings (SSSR count). The molecule has 0 aliphatic rings. The minimum atomic E-state index is 0.134. The van der Waals surface area contributed by atoms with Gasteiger partial charge in [-0.2, -0.15) is 0 Å². The maximum atomic E-state index is 10.3. The minimum Gasteiger partial charge on any atom is -0.396 e. The molecule has 0 atom stereocenters. The Labute approximate surface area is 115 Å². The van der Waals surface area contributed by atoms with Crippen molar-refractivity contribution in [3.05, 3.63) is 0 Å². The summed E-state index contributed by atoms with van der Waals surface area (Å²) < 4.78 is 0. The van der Waals surface area contributed by atoms with Gasteiger partial charge in [-0.1, -0.05) is 27.7 Å². The van der Waals surface area contributed by atoms with Gasteiger partial charge in [0.1, 0.15) is 5.78 Å². The number of Topliss-reactive ketones (excluding diaryl/α,β-unsaturated/α-hetero) is 1. The topological polar surface area (TPSA) is 40.5 Å². The molecule has 0 amide bonds. The zero-order chi connectivity index (χ0) is 15.4. The Morgan fingerprint density at radius 2 is 1.61 bits per heavy atom. The van der Waals surface area contributed by atoms with Crippen LogP contribution in [-0.2, 0) is 4.79 Å². The molecule has 0 aliphatic heterocycles. The Morgan fingerprint density at radius 3 is 1.67 bits per heavy atom. The van der Waals surface area contributed by atoms with Gasteiger partial charge >= 0.3 is 0 Å². The summed E-state index contributed by atoms with van der Waals surface area (Å²) in [6.07, 6.45) is 1.56. The Balaban J connectivity index is -0.000000225. The van der Waals surface area contributed by atoms with E-state index in [1.165, 1.54) is 0 Å². The molecular weight excluding hydrogens is 226 g/mol. The smallest absolute Gasteiger partial charge is 0.130 e. The molecule has 112 valence electrons. The third-order valence-electron chi connectivity index (χ3n) is 2.63. The highest BCUT2D eigenvalue weighted by Gasteiger charge is 2.18. The van der Waals surface area contributed by atoms with Crippen LogP contribution in [0.25, 0.3) is 0 Å². The third kappa shape index (κ3) is 18.0. The third-order valence-corrected chi connectivity index (χ3v) is 2.63. The van der Waals surface area contributed by atoms with E-state index in [9.17, 15) is 4.79 Å². The summed E-state index contributed by atoms with van der Waals surface area (Å²) >= 11 is 0. The average molecular weight is 261 g/mol. The molecule has 18 heavy (non-hydrogen) atoms. The zero-order valence-corrected chi connectivity index (χ0v) is 14.0. The Bertz CT molecular complexity index is 187. The van der Waals surface area contributed by atoms with Crippen LogP contribution >= 0.6 is 0 Å². The predicted molar refractivity (Wildman–Crippen MR) is 81.0 cm³/mol. The number of aliphatic hydroxyl groups excluding tert-OH is 1. The van der Waals surface area contributed by atoms with Gasteiger partial charge in [-0.25, -0.2) is 0 Å². The van der Waals surface area contributed by atoms with Gasteiger partial charge in [-0.15, -0.1) is 0 Å². The molecule has 0 heterocycles. The number of rotatable bonds is 5. The lowest BCUT2D eigenvalue weighted by Gasteiger charge is -2.31. The summed E-state index contributed by atoms with van der Waals surface area (Å²) in [5.41, 5.74) is 0.134. The SMILES string of the molecule is CC.CC(=O)CC(C)C.CN(C)C(C)(C)CCO. The molecule has 1 N–H and O–H groups in total. The van der Waals surface area contributed by atoms with Gasteiger partial charge in [-0.3, -0.25) is 0 Å². The van der Waals surface area contributed by atoms with Crippen molar-refractivity contribution in [1.29, 1.82) is 0 Å². The molecule has 0 aromatic carbocycles. The van der Waals surface area contributed by atoms with E-state index in [0.717, 1.165) is 12.8 Å². The lowest BCUT2D eigenvalue weighted by molar-refractivity contribution is -0.117. The van der Waals surface area contributed by atoms with Gasteiger partial charge in [0.05, 0.1) is 0 Å². The Hall–Kier alpha value is -0.410. The van der Waals surface area contributed by atoms with Crippen molar-refractivity contribution in [3.63, 3.8) is 0 Å². The van der Waals surface area contributed by atoms with Gasteiger partial charge in [0.15, 0.2) is 0 Å². The first-order chi connectivity index (χ1) is 8.13. The van der Waals surface area contributed by atoms with E-state index in [1.807, 2.05) is 41.8 Å². The minimum absolute atomic E-state index is 0.134. The van der Waals surface area contributed by atoms with Crippen LogP contribution in [0, 0.1) is 5.92 Å². The highest BCUT2D eigenvalue weighted by Crippen LogP contribution is 2.13. The lowest BCUT2D eigenvalue weighted by Crippen LogP contribution is -2.38. The summed E-state index contributed by atoms with van der Waals surface area (Å²) in [5.74, 6) is 0.813. The summed E-state index contributed by atoms with van der Waals surface area (Å²) in [6, 6.07) is 0. The predicted octanol–water partition coefficient (Wildman–Crippen LogP) is 3.36. The quantitative estimate of drug-likeness (QED) is 0.825. The summed E-state index contributed by atoms with van der Waals surface area (Å²) in [5, 5.41) is 8.62. The largest absolute Gasteiger partial charge is 0.396 e. The second-order valence-electron chi connectivity index (χ2n) is 5.48. The highest BCUT2D eigenvalue weighted by atomic mass is 16.3. The highest BCUT2D eigenvalue weighted by molar-refractivity contribution is 5.75. The second kappa shape index (κ2) is 13.0. The van der Waals surface area contributed by atoms with Crippen molar-refractivity contribution in [2.45, 2.75) is 66.8 Å². The molecule has 0 aromatic rings. The van der Waals surface area contributed by atoms with Crippen LogP contribution in [0.4, 0.5) is 0 Å². The van der Waals surface area contributed by atoms with E-state index >= 15 is 0 Å². The van der Waals surface area contributed by atoms with E-state index in [2.05, 4.69) is 18.7 Å². The number of hydrogen-bond donors (Lipinski definition) is 1. The molecule has 0 aliphatic carbocycles. The summed E-state index contributed by atoms with van der Waals surface area (Å²) in [7, 11) is 4.05. The van der Waals surface area contributed by atoms with Crippen molar-refractivity contribution in [3.8, 4) is 0 Å². The van der Waals surface area contributed by atoms with Crippen LogP contribution in [0.2, 0.25) is 0 Å². The van der Waals surface area contributed by atoms with Crippen LogP contribution in [0.5, 0.6) is 0 Å². The van der Waals surface area contributed by atoms with Crippen molar-refractivity contribution >= 4 is 5.78 Å². The van der Waals surface area contributed by atoms with Gasteiger partial charge < -0.3 is 14.8 Å². The van der Waals surface area contributed by atoms with Crippen LogP contribution < -0.4 is 0 Å². The molecule has 0 spiro atoms. The molecular formula is C15H35NO2. The zero-order valence-electron chi connectivity index (χ0n) is 14.0. The normalized spacial score (nSPS) is 10.4. The van der Waals surface area contributed by atoms with Crippen LogP contribution in [0.3, 0.4) is 0 Å². The van der Waals surface area contributed by atoms with Gasteiger partial charge in [-0.05, 0) is 47.2 Å². The fourth-order valence-electron chi connectivity index (χ4n) is 1.07. The summed E-state index contributed by atoms with van der Waals surface area (Å²) in [4.78, 5) is 12.4. The number of nitrogens with zero attached hydrogens (tertiary/aromatic N) is 1. The van der Waals surface area contributed by atoms with Crippen LogP contribution in [0.1, 0.15) is 61.3 Å². The van der Waals surface area contributed by atoms with Gasteiger partial charge in [0.25, 0.3) is 0 Å². The molecule has 0 unspecified atom stereocenters. The van der Waals surface area contributed by atoms with Crippen LogP contribution in [-0.4, -0.2) is 42.0 Å². The number of aliphatic hydroxyl groups is 1. The molecule has 3 nitrogen and oxygen atoms in total. The summed E-state index contributed by atoms with van der Waals surface area (Å²) in [6.45, 7) is 14.2. The van der Waals surface area contributed by atoms with E-state index in [0.29, 0.717) is 5.92 Å². The Morgan fingerprint density at radius 1 is 1.22 bits per heavy atom. The van der Waals surface area contributed by atoms with Gasteiger partial charge in [0, 0.05) is 18.6 Å². The van der Waals surface area contributed by atoms with Crippen molar-refractivity contribution < 1.29 is 9.90 Å². The van der Waals surface area contributed by atoms with E-state index in [4.69, 9.17) is 5.11 Å². The average Bonchev–Trinajstić information content (AvgIpc) is 2.19. The van der Waals surface area contributed by atoms with E-state index in [-0.39, 0.29) is 17.9 Å². The Kier molecular flexibility index (Phi) is 16.5. The first-order valence-electron chi connectivity index (χ1n) is 6.91.